The van der Waals surface area contributed by atoms with Gasteiger partial charge in [0.1, 0.15) is 5.15 Å². The van der Waals surface area contributed by atoms with Crippen LogP contribution in [0.2, 0.25) is 5.15 Å². The Balaban J connectivity index is 1.98. The first-order chi connectivity index (χ1) is 12.2. The van der Waals surface area contributed by atoms with Crippen LogP contribution in [-0.2, 0) is 0 Å². The molecule has 0 fully saturated rings. The Bertz CT molecular complexity index is 866. The highest BCUT2D eigenvalue weighted by Crippen LogP contribution is 2.30. The maximum absolute atomic E-state index is 9.57. The van der Waals surface area contributed by atoms with Crippen molar-refractivity contribution in [3.63, 3.8) is 0 Å². The zero-order chi connectivity index (χ0) is 17.6. The van der Waals surface area contributed by atoms with E-state index in [0.29, 0.717) is 17.3 Å². The van der Waals surface area contributed by atoms with Crippen molar-refractivity contribution in [2.45, 2.75) is 12.3 Å². The lowest BCUT2D eigenvalue weighted by Gasteiger charge is -2.19. The summed E-state index contributed by atoms with van der Waals surface area (Å²) in [5.41, 5.74) is 3.64. The third-order valence-corrected chi connectivity index (χ3v) is 4.79. The highest BCUT2D eigenvalue weighted by Gasteiger charge is 2.19. The highest BCUT2D eigenvalue weighted by molar-refractivity contribution is 9.10. The van der Waals surface area contributed by atoms with Crippen LogP contribution >= 0.6 is 27.5 Å². The Labute approximate surface area is 160 Å². The molecule has 0 spiro atoms. The topological polar surface area (TPSA) is 45.5 Å². The van der Waals surface area contributed by atoms with E-state index in [9.17, 15) is 5.21 Å². The van der Waals surface area contributed by atoms with Gasteiger partial charge in [0.25, 0.3) is 0 Å². The van der Waals surface area contributed by atoms with Crippen LogP contribution in [0.4, 0.5) is 0 Å². The fraction of sp³-hybridized carbons (Fsp3) is 0.100. The Morgan fingerprint density at radius 1 is 1.04 bits per heavy atom. The van der Waals surface area contributed by atoms with Gasteiger partial charge in [0, 0.05) is 28.6 Å². The average Bonchev–Trinajstić information content (AvgIpc) is 2.64. The van der Waals surface area contributed by atoms with E-state index in [1.165, 1.54) is 0 Å². The molecule has 0 saturated carbocycles. The third-order valence-electron chi connectivity index (χ3n) is 4.05. The van der Waals surface area contributed by atoms with Crippen LogP contribution < -0.4 is 0 Å². The monoisotopic (exact) mass is 414 g/mol. The van der Waals surface area contributed by atoms with E-state index in [-0.39, 0.29) is 5.92 Å². The van der Waals surface area contributed by atoms with Crippen molar-refractivity contribution >= 4 is 33.2 Å². The minimum atomic E-state index is 0.0622. The SMILES string of the molecule is ON=C(CC(c1ccccc1)c1ccc(Br)cc1)c1ccnc(Cl)c1. The van der Waals surface area contributed by atoms with Gasteiger partial charge in [0.2, 0.25) is 0 Å². The van der Waals surface area contributed by atoms with E-state index >= 15 is 0 Å². The quantitative estimate of drug-likeness (QED) is 0.244. The van der Waals surface area contributed by atoms with Crippen molar-refractivity contribution in [3.05, 3.63) is 99.2 Å². The molecular formula is C20H16BrClN2O. The number of hydrogen-bond acceptors (Lipinski definition) is 3. The van der Waals surface area contributed by atoms with E-state index in [2.05, 4.69) is 50.3 Å². The van der Waals surface area contributed by atoms with Crippen LogP contribution in [0.15, 0.2) is 82.6 Å². The van der Waals surface area contributed by atoms with E-state index < -0.39 is 0 Å². The third kappa shape index (κ3) is 4.47. The molecule has 1 aromatic heterocycles. The number of pyridine rings is 1. The van der Waals surface area contributed by atoms with Crippen molar-refractivity contribution in [2.75, 3.05) is 0 Å². The van der Waals surface area contributed by atoms with Crippen molar-refractivity contribution < 1.29 is 5.21 Å². The lowest BCUT2D eigenvalue weighted by Crippen LogP contribution is -2.10. The molecule has 5 heteroatoms. The molecule has 0 aliphatic rings. The van der Waals surface area contributed by atoms with Crippen molar-refractivity contribution in [2.24, 2.45) is 5.16 Å². The number of benzene rings is 2. The van der Waals surface area contributed by atoms with Crippen LogP contribution in [0.5, 0.6) is 0 Å². The van der Waals surface area contributed by atoms with Crippen molar-refractivity contribution in [3.8, 4) is 0 Å². The summed E-state index contributed by atoms with van der Waals surface area (Å²) in [5, 5.41) is 13.5. The summed E-state index contributed by atoms with van der Waals surface area (Å²) < 4.78 is 1.03. The molecule has 25 heavy (non-hydrogen) atoms. The number of halogens is 2. The maximum Gasteiger partial charge on any atom is 0.129 e. The molecule has 3 nitrogen and oxygen atoms in total. The summed E-state index contributed by atoms with van der Waals surface area (Å²) in [6.07, 6.45) is 2.16. The van der Waals surface area contributed by atoms with Crippen molar-refractivity contribution in [1.29, 1.82) is 0 Å². The fourth-order valence-corrected chi connectivity index (χ4v) is 3.24. The summed E-state index contributed by atoms with van der Waals surface area (Å²) in [7, 11) is 0. The zero-order valence-corrected chi connectivity index (χ0v) is 15.7. The molecule has 3 aromatic rings. The Morgan fingerprint density at radius 3 is 2.36 bits per heavy atom. The molecule has 126 valence electrons. The van der Waals surface area contributed by atoms with Gasteiger partial charge in [-0.05, 0) is 35.4 Å². The number of rotatable bonds is 5. The molecule has 1 unspecified atom stereocenters. The van der Waals surface area contributed by atoms with E-state index in [0.717, 1.165) is 21.2 Å². The van der Waals surface area contributed by atoms with E-state index in [1.807, 2.05) is 30.3 Å². The number of oxime groups is 1. The normalized spacial score (nSPS) is 12.8. The van der Waals surface area contributed by atoms with Gasteiger partial charge in [-0.25, -0.2) is 4.98 Å². The van der Waals surface area contributed by atoms with Gasteiger partial charge < -0.3 is 5.21 Å². The Hall–Kier alpha value is -2.17. The van der Waals surface area contributed by atoms with E-state index in [4.69, 9.17) is 11.6 Å². The van der Waals surface area contributed by atoms with Gasteiger partial charge in [-0.1, -0.05) is 75.2 Å². The summed E-state index contributed by atoms with van der Waals surface area (Å²) >= 11 is 9.46. The molecule has 0 amide bonds. The first-order valence-electron chi connectivity index (χ1n) is 7.80. The predicted molar refractivity (Wildman–Crippen MR) is 105 cm³/mol. The number of nitrogens with zero attached hydrogens (tertiary/aromatic N) is 2. The molecule has 2 aromatic carbocycles. The maximum atomic E-state index is 9.57. The molecule has 0 aliphatic heterocycles. The summed E-state index contributed by atoms with van der Waals surface area (Å²) in [5.74, 6) is 0.0622. The van der Waals surface area contributed by atoms with Crippen molar-refractivity contribution in [1.82, 2.24) is 4.98 Å². The molecular weight excluding hydrogens is 400 g/mol. The number of hydrogen-bond donors (Lipinski definition) is 1. The Kier molecular flexibility index (Phi) is 5.84. The molecule has 1 N–H and O–H groups in total. The second-order valence-corrected chi connectivity index (χ2v) is 6.94. The summed E-state index contributed by atoms with van der Waals surface area (Å²) in [6.45, 7) is 0. The molecule has 1 heterocycles. The highest BCUT2D eigenvalue weighted by atomic mass is 79.9. The zero-order valence-electron chi connectivity index (χ0n) is 13.3. The predicted octanol–water partition coefficient (Wildman–Crippen LogP) is 5.90. The minimum Gasteiger partial charge on any atom is -0.411 e. The molecule has 1 atom stereocenters. The van der Waals surface area contributed by atoms with Gasteiger partial charge in [-0.2, -0.15) is 0 Å². The first kappa shape index (κ1) is 17.6. The largest absolute Gasteiger partial charge is 0.411 e. The fourth-order valence-electron chi connectivity index (χ4n) is 2.80. The second kappa shape index (κ2) is 8.28. The summed E-state index contributed by atoms with van der Waals surface area (Å²) in [4.78, 5) is 3.99. The lowest BCUT2D eigenvalue weighted by molar-refractivity contribution is 0.317. The smallest absolute Gasteiger partial charge is 0.129 e. The Morgan fingerprint density at radius 2 is 1.72 bits per heavy atom. The van der Waals surface area contributed by atoms with Crippen LogP contribution in [0, 0.1) is 0 Å². The molecule has 0 saturated heterocycles. The van der Waals surface area contributed by atoms with Gasteiger partial charge in [-0.15, -0.1) is 0 Å². The second-order valence-electron chi connectivity index (χ2n) is 5.63. The van der Waals surface area contributed by atoms with Crippen LogP contribution in [0.3, 0.4) is 0 Å². The van der Waals surface area contributed by atoms with Gasteiger partial charge >= 0.3 is 0 Å². The molecule has 3 rings (SSSR count). The molecule has 0 bridgehead atoms. The summed E-state index contributed by atoms with van der Waals surface area (Å²) in [6, 6.07) is 21.9. The minimum absolute atomic E-state index is 0.0622. The van der Waals surface area contributed by atoms with Gasteiger partial charge in [0.05, 0.1) is 5.71 Å². The van der Waals surface area contributed by atoms with Crippen LogP contribution in [0.25, 0.3) is 0 Å². The molecule has 0 aliphatic carbocycles. The van der Waals surface area contributed by atoms with E-state index in [1.54, 1.807) is 18.3 Å². The van der Waals surface area contributed by atoms with Gasteiger partial charge in [0.15, 0.2) is 0 Å². The lowest BCUT2D eigenvalue weighted by atomic mass is 9.85. The average molecular weight is 416 g/mol. The number of aromatic nitrogens is 1. The van der Waals surface area contributed by atoms with Gasteiger partial charge in [-0.3, -0.25) is 0 Å². The molecule has 0 radical (unpaired) electrons. The first-order valence-corrected chi connectivity index (χ1v) is 8.97. The van der Waals surface area contributed by atoms with Crippen LogP contribution in [-0.4, -0.2) is 15.9 Å². The van der Waals surface area contributed by atoms with Crippen LogP contribution in [0.1, 0.15) is 29.0 Å². The standard InChI is InChI=1S/C20H16BrClN2O/c21-17-8-6-15(7-9-17)18(14-4-2-1-3-5-14)13-19(24-25)16-10-11-23-20(22)12-16/h1-12,18,25H,13H2.